The Bertz CT molecular complexity index is 1150. The third kappa shape index (κ3) is 3.34. The first-order chi connectivity index (χ1) is 13.7. The molecule has 0 aliphatic carbocycles. The normalized spacial score (nSPS) is 11.0. The molecule has 0 spiro atoms. The molecule has 4 aromatic rings. The molecular formula is C21H21N5O2. The molecule has 28 heavy (non-hydrogen) atoms. The lowest BCUT2D eigenvalue weighted by molar-refractivity contribution is -0.116. The highest BCUT2D eigenvalue weighted by Crippen LogP contribution is 2.19. The van der Waals surface area contributed by atoms with Gasteiger partial charge in [-0.3, -0.25) is 19.0 Å². The topological polar surface area (TPSA) is 84.7 Å². The van der Waals surface area contributed by atoms with Crippen LogP contribution in [0.25, 0.3) is 22.3 Å². The zero-order valence-corrected chi connectivity index (χ0v) is 15.6. The summed E-state index contributed by atoms with van der Waals surface area (Å²) in [5.41, 5.74) is 4.30. The van der Waals surface area contributed by atoms with Gasteiger partial charge in [0.2, 0.25) is 5.91 Å². The summed E-state index contributed by atoms with van der Waals surface area (Å²) in [4.78, 5) is 25.0. The number of aromatic amines is 1. The molecule has 2 heterocycles. The van der Waals surface area contributed by atoms with Crippen LogP contribution in [0.1, 0.15) is 13.3 Å². The Hall–Kier alpha value is -3.61. The number of H-pyrrole nitrogens is 1. The predicted octanol–water partition coefficient (Wildman–Crippen LogP) is 3.24. The van der Waals surface area contributed by atoms with Crippen molar-refractivity contribution in [3.8, 4) is 11.3 Å². The summed E-state index contributed by atoms with van der Waals surface area (Å²) in [6.07, 6.45) is 1.92. The molecule has 7 heteroatoms. The largest absolute Gasteiger partial charge is 0.329 e. The lowest BCUT2D eigenvalue weighted by Crippen LogP contribution is -2.25. The van der Waals surface area contributed by atoms with Crippen LogP contribution in [-0.2, 0) is 17.9 Å². The van der Waals surface area contributed by atoms with Crippen molar-refractivity contribution < 1.29 is 4.79 Å². The molecule has 7 nitrogen and oxygen atoms in total. The van der Waals surface area contributed by atoms with Crippen molar-refractivity contribution in [2.75, 3.05) is 5.32 Å². The highest BCUT2D eigenvalue weighted by Gasteiger charge is 2.13. The Balaban J connectivity index is 1.45. The summed E-state index contributed by atoms with van der Waals surface area (Å²) >= 11 is 0. The van der Waals surface area contributed by atoms with Crippen LogP contribution in [0, 0.1) is 0 Å². The van der Waals surface area contributed by atoms with Gasteiger partial charge in [0.1, 0.15) is 0 Å². The van der Waals surface area contributed by atoms with Crippen molar-refractivity contribution in [3.05, 3.63) is 71.3 Å². The zero-order valence-electron chi connectivity index (χ0n) is 15.6. The molecule has 0 bridgehead atoms. The number of imidazole rings is 1. The fraction of sp³-hybridized carbons (Fsp3) is 0.190. The Morgan fingerprint density at radius 1 is 1.04 bits per heavy atom. The van der Waals surface area contributed by atoms with Gasteiger partial charge >= 0.3 is 5.69 Å². The summed E-state index contributed by atoms with van der Waals surface area (Å²) in [5.74, 6) is -0.130. The monoisotopic (exact) mass is 375 g/mol. The number of amides is 1. The molecule has 0 radical (unpaired) electrons. The molecular weight excluding hydrogens is 354 g/mol. The number of nitrogens with zero attached hydrogens (tertiary/aromatic N) is 3. The van der Waals surface area contributed by atoms with E-state index in [1.165, 1.54) is 0 Å². The average Bonchev–Trinajstić information content (AvgIpc) is 3.33. The van der Waals surface area contributed by atoms with E-state index in [4.69, 9.17) is 0 Å². The van der Waals surface area contributed by atoms with E-state index in [1.807, 2.05) is 61.5 Å². The van der Waals surface area contributed by atoms with Gasteiger partial charge in [-0.15, -0.1) is 0 Å². The molecule has 2 aromatic heterocycles. The number of nitrogens with one attached hydrogen (secondary N) is 2. The van der Waals surface area contributed by atoms with Crippen molar-refractivity contribution in [1.29, 1.82) is 0 Å². The molecule has 0 unspecified atom stereocenters. The molecule has 0 saturated carbocycles. The number of rotatable bonds is 6. The van der Waals surface area contributed by atoms with Gasteiger partial charge in [0, 0.05) is 31.4 Å². The number of carbonyl (C=O) groups is 1. The van der Waals surface area contributed by atoms with Crippen LogP contribution in [0.3, 0.4) is 0 Å². The Morgan fingerprint density at radius 3 is 2.39 bits per heavy atom. The minimum Gasteiger partial charge on any atom is -0.326 e. The highest BCUT2D eigenvalue weighted by atomic mass is 16.2. The Morgan fingerprint density at radius 2 is 1.75 bits per heavy atom. The van der Waals surface area contributed by atoms with Crippen LogP contribution in [0.4, 0.5) is 5.69 Å². The van der Waals surface area contributed by atoms with Gasteiger partial charge in [-0.1, -0.05) is 24.3 Å². The second-order valence-electron chi connectivity index (χ2n) is 6.51. The Labute approximate surface area is 161 Å². The SMILES string of the molecule is CCn1c(=O)n(CCC(=O)Nc2ccc(-c3ccn[nH]3)cc2)c2ccccc21. The average molecular weight is 375 g/mol. The van der Waals surface area contributed by atoms with Gasteiger partial charge in [-0.25, -0.2) is 4.79 Å². The molecule has 0 fully saturated rings. The van der Waals surface area contributed by atoms with E-state index in [0.29, 0.717) is 13.1 Å². The standard InChI is InChI=1S/C21H21N5O2/c1-2-25-18-5-3-4-6-19(18)26(21(25)28)14-12-20(27)23-16-9-7-15(8-10-16)17-11-13-22-24-17/h3-11,13H,2,12,14H2,1H3,(H,22,24)(H,23,27). The molecule has 2 aromatic carbocycles. The summed E-state index contributed by atoms with van der Waals surface area (Å²) in [7, 11) is 0. The fourth-order valence-corrected chi connectivity index (χ4v) is 3.38. The molecule has 1 amide bonds. The van der Waals surface area contributed by atoms with Crippen LogP contribution in [0.15, 0.2) is 65.6 Å². The number of aromatic nitrogens is 4. The maximum absolute atomic E-state index is 12.6. The Kier molecular flexibility index (Phi) is 4.80. The summed E-state index contributed by atoms with van der Waals surface area (Å²) in [5, 5.41) is 9.73. The lowest BCUT2D eigenvalue weighted by atomic mass is 10.1. The number of benzene rings is 2. The number of para-hydroxylation sites is 2. The number of hydrogen-bond donors (Lipinski definition) is 2. The number of anilines is 1. The first kappa shape index (κ1) is 17.8. The first-order valence-corrected chi connectivity index (χ1v) is 9.25. The van der Waals surface area contributed by atoms with Gasteiger partial charge in [0.15, 0.2) is 0 Å². The van der Waals surface area contributed by atoms with E-state index in [2.05, 4.69) is 15.5 Å². The maximum Gasteiger partial charge on any atom is 0.329 e. The molecule has 4 rings (SSSR count). The van der Waals surface area contributed by atoms with Crippen LogP contribution >= 0.6 is 0 Å². The summed E-state index contributed by atoms with van der Waals surface area (Å²) in [6, 6.07) is 17.1. The molecule has 2 N–H and O–H groups in total. The van der Waals surface area contributed by atoms with Crippen LogP contribution in [0.5, 0.6) is 0 Å². The van der Waals surface area contributed by atoms with E-state index < -0.39 is 0 Å². The van der Waals surface area contributed by atoms with Crippen molar-refractivity contribution in [2.24, 2.45) is 0 Å². The van der Waals surface area contributed by atoms with Crippen molar-refractivity contribution >= 4 is 22.6 Å². The second-order valence-corrected chi connectivity index (χ2v) is 6.51. The predicted molar refractivity (Wildman–Crippen MR) is 109 cm³/mol. The lowest BCUT2D eigenvalue weighted by Gasteiger charge is -2.07. The third-order valence-electron chi connectivity index (χ3n) is 4.78. The first-order valence-electron chi connectivity index (χ1n) is 9.25. The van der Waals surface area contributed by atoms with E-state index in [9.17, 15) is 9.59 Å². The molecule has 142 valence electrons. The van der Waals surface area contributed by atoms with Gasteiger partial charge < -0.3 is 5.32 Å². The third-order valence-corrected chi connectivity index (χ3v) is 4.78. The van der Waals surface area contributed by atoms with Gasteiger partial charge in [0.25, 0.3) is 0 Å². The van der Waals surface area contributed by atoms with E-state index in [1.54, 1.807) is 15.3 Å². The number of aryl methyl sites for hydroxylation is 2. The zero-order chi connectivity index (χ0) is 19.5. The summed E-state index contributed by atoms with van der Waals surface area (Å²) in [6.45, 7) is 2.88. The van der Waals surface area contributed by atoms with Crippen LogP contribution in [0.2, 0.25) is 0 Å². The quantitative estimate of drug-likeness (QED) is 0.543. The minimum absolute atomic E-state index is 0.0830. The molecule has 0 atom stereocenters. The second kappa shape index (κ2) is 7.56. The van der Waals surface area contributed by atoms with E-state index >= 15 is 0 Å². The van der Waals surface area contributed by atoms with Gasteiger partial charge in [-0.05, 0) is 42.8 Å². The van der Waals surface area contributed by atoms with Crippen molar-refractivity contribution in [3.63, 3.8) is 0 Å². The van der Waals surface area contributed by atoms with Crippen molar-refractivity contribution in [2.45, 2.75) is 26.4 Å². The molecule has 0 saturated heterocycles. The van der Waals surface area contributed by atoms with E-state index in [0.717, 1.165) is 28.0 Å². The number of hydrogen-bond acceptors (Lipinski definition) is 3. The number of carbonyl (C=O) groups excluding carboxylic acids is 1. The highest BCUT2D eigenvalue weighted by molar-refractivity contribution is 5.91. The van der Waals surface area contributed by atoms with Crippen LogP contribution in [-0.4, -0.2) is 25.2 Å². The van der Waals surface area contributed by atoms with Crippen molar-refractivity contribution in [1.82, 2.24) is 19.3 Å². The molecule has 0 aliphatic rings. The number of fused-ring (bicyclic) bond motifs is 1. The van der Waals surface area contributed by atoms with Crippen LogP contribution < -0.4 is 11.0 Å². The van der Waals surface area contributed by atoms with E-state index in [-0.39, 0.29) is 18.0 Å². The fourth-order valence-electron chi connectivity index (χ4n) is 3.38. The van der Waals surface area contributed by atoms with Gasteiger partial charge in [-0.2, -0.15) is 5.10 Å². The van der Waals surface area contributed by atoms with Gasteiger partial charge in [0.05, 0.1) is 16.7 Å². The minimum atomic E-state index is -0.130. The molecule has 0 aliphatic heterocycles. The summed E-state index contributed by atoms with van der Waals surface area (Å²) < 4.78 is 3.39. The maximum atomic E-state index is 12.6. The smallest absolute Gasteiger partial charge is 0.326 e.